The minimum atomic E-state index is -0.976. The molecule has 2 aromatic rings. The Labute approximate surface area is 110 Å². The fourth-order valence-electron chi connectivity index (χ4n) is 1.11. The number of carboxylic acids is 1. The minimum Gasteiger partial charge on any atom is -0.478 e. The van der Waals surface area contributed by atoms with Gasteiger partial charge in [0.25, 0.3) is 0 Å². The molecule has 0 aliphatic carbocycles. The molecule has 0 fully saturated rings. The number of carbonyl (C=O) groups is 1. The number of hydrogen-bond donors (Lipinski definition) is 1. The maximum atomic E-state index is 10.8. The van der Waals surface area contributed by atoms with Crippen molar-refractivity contribution in [1.82, 2.24) is 10.2 Å². The third-order valence-corrected chi connectivity index (χ3v) is 4.90. The standard InChI is InChI=1S/C9H8N2O3S3/c1-15-8-10-11-9(17-8)16-4-6-5(7(12)13)2-3-14-6/h2-3H,4H2,1H3,(H,12,13). The molecular formula is C9H8N2O3S3. The molecule has 1 N–H and O–H groups in total. The molecule has 90 valence electrons. The van der Waals surface area contributed by atoms with E-state index in [1.807, 2.05) is 6.26 Å². The summed E-state index contributed by atoms with van der Waals surface area (Å²) in [7, 11) is 0. The van der Waals surface area contributed by atoms with Gasteiger partial charge in [0, 0.05) is 0 Å². The lowest BCUT2D eigenvalue weighted by Crippen LogP contribution is -1.97. The maximum absolute atomic E-state index is 10.8. The van der Waals surface area contributed by atoms with E-state index >= 15 is 0 Å². The minimum absolute atomic E-state index is 0.201. The summed E-state index contributed by atoms with van der Waals surface area (Å²) in [5.41, 5.74) is 0.201. The van der Waals surface area contributed by atoms with Crippen LogP contribution in [0.1, 0.15) is 16.1 Å². The van der Waals surface area contributed by atoms with Gasteiger partial charge in [0.1, 0.15) is 11.3 Å². The van der Waals surface area contributed by atoms with Crippen LogP contribution in [-0.4, -0.2) is 27.5 Å². The highest BCUT2D eigenvalue weighted by atomic mass is 32.2. The van der Waals surface area contributed by atoms with Gasteiger partial charge in [-0.05, 0) is 12.3 Å². The fourth-order valence-corrected chi connectivity index (χ4v) is 3.50. The molecule has 0 aliphatic heterocycles. The van der Waals surface area contributed by atoms with Crippen LogP contribution in [0.4, 0.5) is 0 Å². The molecular weight excluding hydrogens is 280 g/mol. The van der Waals surface area contributed by atoms with Crippen molar-refractivity contribution in [3.05, 3.63) is 23.7 Å². The third kappa shape index (κ3) is 3.02. The first-order valence-corrected chi connectivity index (χ1v) is 7.53. The molecule has 0 atom stereocenters. The van der Waals surface area contributed by atoms with Gasteiger partial charge in [-0.1, -0.05) is 34.9 Å². The molecule has 0 unspecified atom stereocenters. The second-order valence-corrected chi connectivity index (χ2v) is 6.14. The summed E-state index contributed by atoms with van der Waals surface area (Å²) in [6.45, 7) is 0. The number of aromatic nitrogens is 2. The summed E-state index contributed by atoms with van der Waals surface area (Å²) < 4.78 is 6.83. The van der Waals surface area contributed by atoms with E-state index in [1.54, 1.807) is 0 Å². The summed E-state index contributed by atoms with van der Waals surface area (Å²) in [5, 5.41) is 16.8. The van der Waals surface area contributed by atoms with Gasteiger partial charge in [-0.2, -0.15) is 0 Å². The fraction of sp³-hybridized carbons (Fsp3) is 0.222. The van der Waals surface area contributed by atoms with Crippen LogP contribution in [0.15, 0.2) is 25.4 Å². The molecule has 0 amide bonds. The molecule has 2 rings (SSSR count). The van der Waals surface area contributed by atoms with E-state index in [0.29, 0.717) is 11.5 Å². The molecule has 0 radical (unpaired) electrons. The van der Waals surface area contributed by atoms with E-state index in [4.69, 9.17) is 9.52 Å². The molecule has 2 aromatic heterocycles. The lowest BCUT2D eigenvalue weighted by Gasteiger charge is -1.95. The van der Waals surface area contributed by atoms with E-state index in [2.05, 4.69) is 10.2 Å². The van der Waals surface area contributed by atoms with Crippen LogP contribution in [0.3, 0.4) is 0 Å². The molecule has 0 saturated carbocycles. The Morgan fingerprint density at radius 2 is 2.29 bits per heavy atom. The summed E-state index contributed by atoms with van der Waals surface area (Å²) in [5.74, 6) is -0.0858. The number of thioether (sulfide) groups is 2. The van der Waals surface area contributed by atoms with Crippen LogP contribution in [0, 0.1) is 0 Å². The zero-order chi connectivity index (χ0) is 12.3. The first-order chi connectivity index (χ1) is 8.20. The van der Waals surface area contributed by atoms with E-state index in [9.17, 15) is 4.79 Å². The Kier molecular flexibility index (Phi) is 4.08. The van der Waals surface area contributed by atoms with Crippen LogP contribution in [-0.2, 0) is 5.75 Å². The Balaban J connectivity index is 2.02. The predicted octanol–water partition coefficient (Wildman–Crippen LogP) is 2.84. The van der Waals surface area contributed by atoms with Crippen molar-refractivity contribution < 1.29 is 14.3 Å². The molecule has 0 saturated heterocycles. The van der Waals surface area contributed by atoms with Crippen LogP contribution >= 0.6 is 34.9 Å². The van der Waals surface area contributed by atoms with Gasteiger partial charge in [-0.25, -0.2) is 4.79 Å². The molecule has 0 aromatic carbocycles. The molecule has 0 bridgehead atoms. The van der Waals surface area contributed by atoms with Gasteiger partial charge >= 0.3 is 5.97 Å². The van der Waals surface area contributed by atoms with E-state index < -0.39 is 5.97 Å². The van der Waals surface area contributed by atoms with Gasteiger partial charge in [-0.3, -0.25) is 0 Å². The number of hydrogen-bond acceptors (Lipinski definition) is 7. The van der Waals surface area contributed by atoms with E-state index in [-0.39, 0.29) is 5.56 Å². The summed E-state index contributed by atoms with van der Waals surface area (Å²) in [6, 6.07) is 1.45. The average molecular weight is 288 g/mol. The highest BCUT2D eigenvalue weighted by molar-refractivity contribution is 8.02. The number of carboxylic acid groups (broad SMARTS) is 1. The first-order valence-electron chi connectivity index (χ1n) is 4.50. The topological polar surface area (TPSA) is 76.2 Å². The summed E-state index contributed by atoms with van der Waals surface area (Å²) in [4.78, 5) is 10.8. The van der Waals surface area contributed by atoms with Crippen LogP contribution < -0.4 is 0 Å². The summed E-state index contributed by atoms with van der Waals surface area (Å²) in [6.07, 6.45) is 3.32. The average Bonchev–Trinajstić information content (AvgIpc) is 2.95. The largest absolute Gasteiger partial charge is 0.478 e. The van der Waals surface area contributed by atoms with Crippen LogP contribution in [0.5, 0.6) is 0 Å². The predicted molar refractivity (Wildman–Crippen MR) is 66.9 cm³/mol. The van der Waals surface area contributed by atoms with Crippen molar-refractivity contribution in [3.8, 4) is 0 Å². The van der Waals surface area contributed by atoms with Gasteiger partial charge in [0.05, 0.1) is 12.0 Å². The van der Waals surface area contributed by atoms with Gasteiger partial charge < -0.3 is 9.52 Å². The molecule has 2 heterocycles. The summed E-state index contributed by atoms with van der Waals surface area (Å²) >= 11 is 4.44. The quantitative estimate of drug-likeness (QED) is 0.848. The molecule has 0 aliphatic rings. The van der Waals surface area contributed by atoms with Crippen molar-refractivity contribution in [2.24, 2.45) is 0 Å². The Hall–Kier alpha value is -0.990. The second kappa shape index (κ2) is 5.56. The Morgan fingerprint density at radius 1 is 1.53 bits per heavy atom. The highest BCUT2D eigenvalue weighted by Crippen LogP contribution is 2.30. The second-order valence-electron chi connectivity index (χ2n) is 2.89. The molecule has 8 heteroatoms. The van der Waals surface area contributed by atoms with Gasteiger partial charge in [0.15, 0.2) is 8.68 Å². The van der Waals surface area contributed by atoms with Crippen molar-refractivity contribution in [3.63, 3.8) is 0 Å². The van der Waals surface area contributed by atoms with E-state index in [0.717, 1.165) is 8.68 Å². The molecule has 5 nitrogen and oxygen atoms in total. The van der Waals surface area contributed by atoms with Crippen molar-refractivity contribution in [1.29, 1.82) is 0 Å². The maximum Gasteiger partial charge on any atom is 0.339 e. The van der Waals surface area contributed by atoms with Crippen molar-refractivity contribution in [2.75, 3.05) is 6.26 Å². The lowest BCUT2D eigenvalue weighted by atomic mass is 10.3. The number of furan rings is 1. The number of nitrogens with zero attached hydrogens (tertiary/aromatic N) is 2. The molecule has 17 heavy (non-hydrogen) atoms. The number of rotatable bonds is 5. The number of aromatic carboxylic acids is 1. The lowest BCUT2D eigenvalue weighted by molar-refractivity contribution is 0.0695. The van der Waals surface area contributed by atoms with Crippen molar-refractivity contribution in [2.45, 2.75) is 14.4 Å². The van der Waals surface area contributed by atoms with Crippen molar-refractivity contribution >= 4 is 40.8 Å². The smallest absolute Gasteiger partial charge is 0.339 e. The Bertz CT molecular complexity index is 523. The first kappa shape index (κ1) is 12.5. The normalized spacial score (nSPS) is 10.6. The zero-order valence-corrected chi connectivity index (χ0v) is 11.2. The van der Waals surface area contributed by atoms with Gasteiger partial charge in [-0.15, -0.1) is 10.2 Å². The Morgan fingerprint density at radius 3 is 2.94 bits per heavy atom. The van der Waals surface area contributed by atoms with Gasteiger partial charge in [0.2, 0.25) is 0 Å². The molecule has 0 spiro atoms. The monoisotopic (exact) mass is 288 g/mol. The zero-order valence-electron chi connectivity index (χ0n) is 8.74. The van der Waals surface area contributed by atoms with E-state index in [1.165, 1.54) is 47.2 Å². The third-order valence-electron chi connectivity index (χ3n) is 1.87. The SMILES string of the molecule is CSc1nnc(SCc2occc2C(=O)O)s1. The van der Waals surface area contributed by atoms with Crippen LogP contribution in [0.25, 0.3) is 0 Å². The highest BCUT2D eigenvalue weighted by Gasteiger charge is 2.14. The van der Waals surface area contributed by atoms with Crippen LogP contribution in [0.2, 0.25) is 0 Å².